The normalized spacial score (nSPS) is 11.6. The van der Waals surface area contributed by atoms with E-state index < -0.39 is 0 Å². The Hall–Kier alpha value is -1.60. The summed E-state index contributed by atoms with van der Waals surface area (Å²) >= 11 is 5.86. The Bertz CT molecular complexity index is 454. The van der Waals surface area contributed by atoms with Gasteiger partial charge in [0.15, 0.2) is 6.29 Å². The highest BCUT2D eigenvalue weighted by Gasteiger charge is 2.13. The topological polar surface area (TPSA) is 54.9 Å². The van der Waals surface area contributed by atoms with Crippen molar-refractivity contribution in [2.24, 2.45) is 0 Å². The number of rotatable bonds is 5. The summed E-state index contributed by atoms with van der Waals surface area (Å²) in [7, 11) is 0. The summed E-state index contributed by atoms with van der Waals surface area (Å²) in [5.41, 5.74) is 0.244. The van der Waals surface area contributed by atoms with Gasteiger partial charge in [0.05, 0.1) is 11.6 Å². The second-order valence-corrected chi connectivity index (χ2v) is 3.95. The van der Waals surface area contributed by atoms with E-state index in [9.17, 15) is 4.79 Å². The third kappa shape index (κ3) is 3.43. The molecule has 0 bridgehead atoms. The Balaban J connectivity index is 3.04. The minimum atomic E-state index is -0.163. The maximum absolute atomic E-state index is 10.9. The van der Waals surface area contributed by atoms with Crippen LogP contribution in [0.25, 0.3) is 0 Å². The molecule has 5 heteroatoms. The molecule has 1 heterocycles. The van der Waals surface area contributed by atoms with Crippen LogP contribution in [0.15, 0.2) is 0 Å². The Labute approximate surface area is 106 Å². The molecule has 0 saturated carbocycles. The van der Waals surface area contributed by atoms with Crippen LogP contribution in [-0.4, -0.2) is 22.3 Å². The molecule has 1 unspecified atom stereocenters. The van der Waals surface area contributed by atoms with Crippen molar-refractivity contribution >= 4 is 23.7 Å². The van der Waals surface area contributed by atoms with Crippen LogP contribution in [0.4, 0.5) is 5.82 Å². The molecule has 1 rings (SSSR count). The van der Waals surface area contributed by atoms with Crippen molar-refractivity contribution in [3.8, 4) is 12.3 Å². The van der Waals surface area contributed by atoms with E-state index in [0.29, 0.717) is 17.9 Å². The van der Waals surface area contributed by atoms with Gasteiger partial charge in [-0.15, -0.1) is 6.42 Å². The van der Waals surface area contributed by atoms with Crippen molar-refractivity contribution < 1.29 is 4.79 Å². The number of anilines is 1. The van der Waals surface area contributed by atoms with Gasteiger partial charge in [0, 0.05) is 0 Å². The van der Waals surface area contributed by atoms with Crippen LogP contribution in [-0.2, 0) is 0 Å². The number of aromatic nitrogens is 2. The molecule has 0 fully saturated rings. The molecule has 0 aliphatic carbocycles. The zero-order chi connectivity index (χ0) is 12.8. The number of hydrogen-bond acceptors (Lipinski definition) is 4. The summed E-state index contributed by atoms with van der Waals surface area (Å²) < 4.78 is 0. The van der Waals surface area contributed by atoms with Gasteiger partial charge in [0.25, 0.3) is 0 Å². The number of carbonyl (C=O) groups is 1. The van der Waals surface area contributed by atoms with E-state index in [4.69, 9.17) is 18.0 Å². The van der Waals surface area contributed by atoms with Crippen LogP contribution in [0.3, 0.4) is 0 Å². The minimum absolute atomic E-state index is 0.141. The maximum atomic E-state index is 10.9. The Kier molecular flexibility index (Phi) is 4.92. The first-order valence-corrected chi connectivity index (χ1v) is 5.72. The summed E-state index contributed by atoms with van der Waals surface area (Å²) in [5.74, 6) is 3.50. The Morgan fingerprint density at radius 2 is 2.29 bits per heavy atom. The fraction of sp³-hybridized carbons (Fsp3) is 0.417. The zero-order valence-electron chi connectivity index (χ0n) is 9.83. The Morgan fingerprint density at radius 1 is 1.59 bits per heavy atom. The van der Waals surface area contributed by atoms with Crippen LogP contribution in [0.2, 0.25) is 5.15 Å². The second kappa shape index (κ2) is 6.21. The Morgan fingerprint density at radius 3 is 2.82 bits per heavy atom. The van der Waals surface area contributed by atoms with Crippen LogP contribution >= 0.6 is 11.6 Å². The van der Waals surface area contributed by atoms with E-state index >= 15 is 0 Å². The van der Waals surface area contributed by atoms with Crippen molar-refractivity contribution in [1.29, 1.82) is 0 Å². The van der Waals surface area contributed by atoms with E-state index in [1.54, 1.807) is 6.92 Å². The van der Waals surface area contributed by atoms with Crippen LogP contribution in [0.5, 0.6) is 0 Å². The van der Waals surface area contributed by atoms with Gasteiger partial charge in [-0.2, -0.15) is 0 Å². The minimum Gasteiger partial charge on any atom is -0.356 e. The van der Waals surface area contributed by atoms with Crippen LogP contribution in [0.1, 0.15) is 35.9 Å². The molecule has 0 amide bonds. The largest absolute Gasteiger partial charge is 0.356 e. The first-order valence-electron chi connectivity index (χ1n) is 5.34. The van der Waals surface area contributed by atoms with E-state index in [1.165, 1.54) is 0 Å². The van der Waals surface area contributed by atoms with Crippen molar-refractivity contribution in [3.63, 3.8) is 0 Å². The third-order valence-electron chi connectivity index (χ3n) is 2.22. The van der Waals surface area contributed by atoms with Gasteiger partial charge < -0.3 is 5.32 Å². The molecule has 1 aromatic rings. The maximum Gasteiger partial charge on any atom is 0.156 e. The zero-order valence-corrected chi connectivity index (χ0v) is 10.6. The number of nitrogens with one attached hydrogen (secondary N) is 1. The lowest BCUT2D eigenvalue weighted by atomic mass is 10.1. The highest BCUT2D eigenvalue weighted by molar-refractivity contribution is 6.32. The number of carbonyl (C=O) groups excluding carboxylic acids is 1. The monoisotopic (exact) mass is 251 g/mol. The molecular formula is C12H14ClN3O. The van der Waals surface area contributed by atoms with Gasteiger partial charge in [0.1, 0.15) is 16.8 Å². The molecule has 1 atom stereocenters. The van der Waals surface area contributed by atoms with Crippen molar-refractivity contribution in [2.45, 2.75) is 32.7 Å². The predicted octanol–water partition coefficient (Wildman–Crippen LogP) is 2.46. The number of hydrogen-bond donors (Lipinski definition) is 1. The van der Waals surface area contributed by atoms with Gasteiger partial charge in [-0.25, -0.2) is 9.97 Å². The van der Waals surface area contributed by atoms with Gasteiger partial charge in [-0.3, -0.25) is 4.79 Å². The molecule has 0 aliphatic rings. The molecule has 4 nitrogen and oxygen atoms in total. The van der Waals surface area contributed by atoms with E-state index in [1.807, 2.05) is 6.92 Å². The highest BCUT2D eigenvalue weighted by atomic mass is 35.5. The van der Waals surface area contributed by atoms with Gasteiger partial charge in [-0.1, -0.05) is 30.9 Å². The number of terminal acetylenes is 1. The van der Waals surface area contributed by atoms with E-state index in [-0.39, 0.29) is 16.8 Å². The molecule has 1 aromatic heterocycles. The lowest BCUT2D eigenvalue weighted by molar-refractivity contribution is 0.112. The molecular weight excluding hydrogens is 238 g/mol. The average Bonchev–Trinajstić information content (AvgIpc) is 2.28. The van der Waals surface area contributed by atoms with Crippen molar-refractivity contribution in [2.75, 3.05) is 5.32 Å². The smallest absolute Gasteiger partial charge is 0.156 e. The SMILES string of the molecule is C#CC(CCC)Nc1nc(C)nc(Cl)c1C=O. The molecule has 0 spiro atoms. The number of aldehydes is 1. The summed E-state index contributed by atoms with van der Waals surface area (Å²) in [5, 5.41) is 3.17. The van der Waals surface area contributed by atoms with Crippen molar-refractivity contribution in [1.82, 2.24) is 9.97 Å². The molecule has 90 valence electrons. The van der Waals surface area contributed by atoms with E-state index in [2.05, 4.69) is 21.2 Å². The first-order chi connectivity index (χ1) is 8.12. The van der Waals surface area contributed by atoms with Crippen molar-refractivity contribution in [3.05, 3.63) is 16.5 Å². The first kappa shape index (κ1) is 13.5. The summed E-state index contributed by atoms with van der Waals surface area (Å²) in [6, 6.07) is -0.163. The summed E-state index contributed by atoms with van der Waals surface area (Å²) in [4.78, 5) is 19.0. The molecule has 0 radical (unpaired) electrons. The number of aryl methyl sites for hydroxylation is 1. The lowest BCUT2D eigenvalue weighted by Gasteiger charge is -2.14. The standard InChI is InChI=1S/C12H14ClN3O/c1-4-6-9(5-2)16-12-10(7-17)11(13)14-8(3)15-12/h2,7,9H,4,6H2,1,3H3,(H,14,15,16). The van der Waals surface area contributed by atoms with Crippen LogP contribution in [0, 0.1) is 19.3 Å². The van der Waals surface area contributed by atoms with Gasteiger partial charge in [0.2, 0.25) is 0 Å². The predicted molar refractivity (Wildman–Crippen MR) is 68.3 cm³/mol. The average molecular weight is 252 g/mol. The fourth-order valence-corrected chi connectivity index (χ4v) is 1.67. The van der Waals surface area contributed by atoms with Crippen LogP contribution < -0.4 is 5.32 Å². The van der Waals surface area contributed by atoms with E-state index in [0.717, 1.165) is 12.8 Å². The molecule has 0 aromatic carbocycles. The highest BCUT2D eigenvalue weighted by Crippen LogP contribution is 2.20. The molecule has 17 heavy (non-hydrogen) atoms. The third-order valence-corrected chi connectivity index (χ3v) is 2.51. The second-order valence-electron chi connectivity index (χ2n) is 3.59. The summed E-state index contributed by atoms with van der Waals surface area (Å²) in [6.07, 6.45) is 7.77. The molecule has 0 saturated heterocycles. The summed E-state index contributed by atoms with van der Waals surface area (Å²) in [6.45, 7) is 3.74. The lowest BCUT2D eigenvalue weighted by Crippen LogP contribution is -2.19. The molecule has 1 N–H and O–H groups in total. The fourth-order valence-electron chi connectivity index (χ4n) is 1.41. The number of halogens is 1. The van der Waals surface area contributed by atoms with Gasteiger partial charge >= 0.3 is 0 Å². The number of nitrogens with zero attached hydrogens (tertiary/aromatic N) is 2. The quantitative estimate of drug-likeness (QED) is 0.496. The molecule has 0 aliphatic heterocycles. The van der Waals surface area contributed by atoms with Gasteiger partial charge in [-0.05, 0) is 13.3 Å².